The molecule has 0 saturated carbocycles. The Kier molecular flexibility index (Phi) is 4.72. The van der Waals surface area contributed by atoms with E-state index in [2.05, 4.69) is 33.5 Å². The van der Waals surface area contributed by atoms with Crippen molar-refractivity contribution in [2.24, 2.45) is 5.92 Å². The molecular formula is C18H25N3O2S. The van der Waals surface area contributed by atoms with E-state index in [4.69, 9.17) is 9.47 Å². The standard InChI is InChI=1S/C18H25N3O2S/c1-15-2-3-17(24-15)10-20-6-7-22-13-18(12-20)8-16(11-23-18)9-21-5-4-19-14-21/h2-5,14,16H,6-13H2,1H3/t16-,18+/m0/s1. The summed E-state index contributed by atoms with van der Waals surface area (Å²) in [5.74, 6) is 0.534. The van der Waals surface area contributed by atoms with Gasteiger partial charge in [0.05, 0.1) is 26.1 Å². The second-order valence-corrected chi connectivity index (χ2v) is 8.47. The van der Waals surface area contributed by atoms with Crippen molar-refractivity contribution in [2.75, 3.05) is 32.9 Å². The highest BCUT2D eigenvalue weighted by atomic mass is 32.1. The highest BCUT2D eigenvalue weighted by Gasteiger charge is 2.43. The number of rotatable bonds is 4. The Bertz CT molecular complexity index is 657. The smallest absolute Gasteiger partial charge is 0.104 e. The molecule has 24 heavy (non-hydrogen) atoms. The number of aromatic nitrogens is 2. The zero-order valence-electron chi connectivity index (χ0n) is 14.2. The topological polar surface area (TPSA) is 39.5 Å². The summed E-state index contributed by atoms with van der Waals surface area (Å²) in [4.78, 5) is 9.44. The lowest BCUT2D eigenvalue weighted by Gasteiger charge is -2.31. The molecule has 2 atom stereocenters. The first-order chi connectivity index (χ1) is 11.7. The molecule has 6 heteroatoms. The van der Waals surface area contributed by atoms with Crippen LogP contribution < -0.4 is 0 Å². The van der Waals surface area contributed by atoms with Crippen LogP contribution in [0.3, 0.4) is 0 Å². The van der Waals surface area contributed by atoms with Crippen molar-refractivity contribution in [3.05, 3.63) is 40.6 Å². The second kappa shape index (κ2) is 6.96. The fraction of sp³-hybridized carbons (Fsp3) is 0.611. The monoisotopic (exact) mass is 347 g/mol. The summed E-state index contributed by atoms with van der Waals surface area (Å²) in [7, 11) is 0. The van der Waals surface area contributed by atoms with E-state index in [1.54, 1.807) is 0 Å². The summed E-state index contributed by atoms with van der Waals surface area (Å²) in [5.41, 5.74) is -0.145. The van der Waals surface area contributed by atoms with Crippen LogP contribution in [0.15, 0.2) is 30.9 Å². The molecule has 2 saturated heterocycles. The molecule has 0 N–H and O–H groups in total. The minimum atomic E-state index is -0.145. The number of nitrogens with zero attached hydrogens (tertiary/aromatic N) is 3. The molecule has 130 valence electrons. The fourth-order valence-electron chi connectivity index (χ4n) is 3.87. The van der Waals surface area contributed by atoms with Gasteiger partial charge in [0, 0.05) is 54.2 Å². The van der Waals surface area contributed by atoms with Crippen molar-refractivity contribution in [3.63, 3.8) is 0 Å². The van der Waals surface area contributed by atoms with E-state index in [0.717, 1.165) is 45.8 Å². The number of hydrogen-bond donors (Lipinski definition) is 0. The largest absolute Gasteiger partial charge is 0.377 e. The first-order valence-electron chi connectivity index (χ1n) is 8.66. The predicted molar refractivity (Wildman–Crippen MR) is 94.2 cm³/mol. The molecule has 0 aliphatic carbocycles. The second-order valence-electron chi connectivity index (χ2n) is 7.10. The molecule has 2 aliphatic rings. The molecule has 0 unspecified atom stereocenters. The lowest BCUT2D eigenvalue weighted by Crippen LogP contribution is -2.43. The van der Waals surface area contributed by atoms with Crippen LogP contribution in [0.2, 0.25) is 0 Å². The van der Waals surface area contributed by atoms with Gasteiger partial charge >= 0.3 is 0 Å². The third kappa shape index (κ3) is 3.72. The summed E-state index contributed by atoms with van der Waals surface area (Å²) in [6, 6.07) is 4.45. The molecule has 4 heterocycles. The SMILES string of the molecule is Cc1ccc(CN2CCOC[C@@]3(C[C@@H](Cn4ccnc4)CO3)C2)s1. The summed E-state index contributed by atoms with van der Waals surface area (Å²) >= 11 is 1.89. The van der Waals surface area contributed by atoms with Crippen LogP contribution in [-0.4, -0.2) is 53.0 Å². The number of imidazole rings is 1. The molecule has 0 radical (unpaired) electrons. The zero-order chi connectivity index (χ0) is 16.4. The van der Waals surface area contributed by atoms with E-state index in [0.29, 0.717) is 12.5 Å². The van der Waals surface area contributed by atoms with Gasteiger partial charge in [-0.3, -0.25) is 4.90 Å². The molecule has 4 rings (SSSR count). The van der Waals surface area contributed by atoms with Crippen molar-refractivity contribution in [1.82, 2.24) is 14.5 Å². The molecule has 0 bridgehead atoms. The normalized spacial score (nSPS) is 28.5. The van der Waals surface area contributed by atoms with Crippen molar-refractivity contribution in [2.45, 2.75) is 32.0 Å². The van der Waals surface area contributed by atoms with Crippen LogP contribution in [0.4, 0.5) is 0 Å². The fourth-order valence-corrected chi connectivity index (χ4v) is 4.80. The third-order valence-corrected chi connectivity index (χ3v) is 5.90. The van der Waals surface area contributed by atoms with E-state index >= 15 is 0 Å². The molecule has 2 aromatic rings. The molecule has 1 spiro atoms. The van der Waals surface area contributed by atoms with Gasteiger partial charge in [-0.1, -0.05) is 0 Å². The Labute approximate surface area is 147 Å². The van der Waals surface area contributed by atoms with Gasteiger partial charge in [0.2, 0.25) is 0 Å². The first-order valence-corrected chi connectivity index (χ1v) is 9.48. The van der Waals surface area contributed by atoms with Gasteiger partial charge in [0.25, 0.3) is 0 Å². The van der Waals surface area contributed by atoms with Gasteiger partial charge in [-0.15, -0.1) is 11.3 Å². The average Bonchev–Trinajstić information content (AvgIpc) is 3.25. The van der Waals surface area contributed by atoms with Crippen LogP contribution in [0.25, 0.3) is 0 Å². The van der Waals surface area contributed by atoms with Crippen molar-refractivity contribution >= 4 is 11.3 Å². The van der Waals surface area contributed by atoms with Gasteiger partial charge in [0.1, 0.15) is 5.60 Å². The van der Waals surface area contributed by atoms with Crippen molar-refractivity contribution in [3.8, 4) is 0 Å². The van der Waals surface area contributed by atoms with Gasteiger partial charge in [-0.05, 0) is 25.5 Å². The average molecular weight is 347 g/mol. The predicted octanol–water partition coefficient (Wildman–Crippen LogP) is 2.56. The van der Waals surface area contributed by atoms with Gasteiger partial charge < -0.3 is 14.0 Å². The van der Waals surface area contributed by atoms with Crippen LogP contribution >= 0.6 is 11.3 Å². The minimum Gasteiger partial charge on any atom is -0.377 e. The Morgan fingerprint density at radius 3 is 3.17 bits per heavy atom. The van der Waals surface area contributed by atoms with E-state index in [1.165, 1.54) is 9.75 Å². The summed E-state index contributed by atoms with van der Waals surface area (Å²) in [6.45, 7) is 8.41. The highest BCUT2D eigenvalue weighted by molar-refractivity contribution is 7.11. The Morgan fingerprint density at radius 1 is 1.42 bits per heavy atom. The summed E-state index contributed by atoms with van der Waals surface area (Å²) < 4.78 is 14.4. The number of ether oxygens (including phenoxy) is 2. The van der Waals surface area contributed by atoms with Crippen molar-refractivity contribution < 1.29 is 9.47 Å². The van der Waals surface area contributed by atoms with Crippen LogP contribution in [0.5, 0.6) is 0 Å². The maximum Gasteiger partial charge on any atom is 0.104 e. The van der Waals surface area contributed by atoms with E-state index < -0.39 is 0 Å². The molecule has 2 fully saturated rings. The highest BCUT2D eigenvalue weighted by Crippen LogP contribution is 2.34. The van der Waals surface area contributed by atoms with Gasteiger partial charge in [-0.25, -0.2) is 4.98 Å². The van der Waals surface area contributed by atoms with E-state index in [1.807, 2.05) is 30.1 Å². The van der Waals surface area contributed by atoms with Crippen LogP contribution in [0, 0.1) is 12.8 Å². The molecule has 0 aromatic carbocycles. The summed E-state index contributed by atoms with van der Waals surface area (Å²) in [6.07, 6.45) is 6.82. The Morgan fingerprint density at radius 2 is 2.38 bits per heavy atom. The van der Waals surface area contributed by atoms with Crippen LogP contribution in [-0.2, 0) is 22.6 Å². The van der Waals surface area contributed by atoms with Crippen LogP contribution in [0.1, 0.15) is 16.2 Å². The van der Waals surface area contributed by atoms with E-state index in [-0.39, 0.29) is 5.60 Å². The number of aryl methyl sites for hydroxylation is 1. The molecule has 2 aliphatic heterocycles. The van der Waals surface area contributed by atoms with Gasteiger partial charge in [0.15, 0.2) is 0 Å². The molecule has 2 aromatic heterocycles. The van der Waals surface area contributed by atoms with Crippen molar-refractivity contribution in [1.29, 1.82) is 0 Å². The lowest BCUT2D eigenvalue weighted by molar-refractivity contribution is -0.0562. The molecule has 5 nitrogen and oxygen atoms in total. The maximum absolute atomic E-state index is 6.30. The Balaban J connectivity index is 1.40. The quantitative estimate of drug-likeness (QED) is 0.852. The minimum absolute atomic E-state index is 0.145. The molecular weight excluding hydrogens is 322 g/mol. The summed E-state index contributed by atoms with van der Waals surface area (Å²) in [5, 5.41) is 0. The molecule has 0 amide bonds. The first kappa shape index (κ1) is 16.3. The number of hydrogen-bond acceptors (Lipinski definition) is 5. The van der Waals surface area contributed by atoms with E-state index in [9.17, 15) is 0 Å². The number of thiophene rings is 1. The third-order valence-electron chi connectivity index (χ3n) is 4.92. The maximum atomic E-state index is 6.30. The Hall–Kier alpha value is -1.21. The lowest BCUT2D eigenvalue weighted by atomic mass is 9.94. The van der Waals surface area contributed by atoms with Gasteiger partial charge in [-0.2, -0.15) is 0 Å². The zero-order valence-corrected chi connectivity index (χ0v) is 15.0.